The van der Waals surface area contributed by atoms with Gasteiger partial charge < -0.3 is 18.8 Å². The first-order valence-electron chi connectivity index (χ1n) is 8.13. The number of fused-ring (bicyclic) bond motifs is 1. The zero-order valence-electron chi connectivity index (χ0n) is 15.4. The number of carbonyl (C=O) groups is 2. The lowest BCUT2D eigenvalue weighted by atomic mass is 10.2. The van der Waals surface area contributed by atoms with E-state index in [1.807, 2.05) is 0 Å². The molecule has 0 bridgehead atoms. The van der Waals surface area contributed by atoms with E-state index >= 15 is 0 Å². The highest BCUT2D eigenvalue weighted by Crippen LogP contribution is 2.25. The second-order valence-electron chi connectivity index (χ2n) is 5.64. The maximum Gasteiger partial charge on any atom is 0.325 e. The number of rotatable bonds is 5. The van der Waals surface area contributed by atoms with Gasteiger partial charge in [0.25, 0.3) is 5.91 Å². The first-order chi connectivity index (χ1) is 13.5. The van der Waals surface area contributed by atoms with Gasteiger partial charge in [-0.15, -0.1) is 0 Å². The van der Waals surface area contributed by atoms with Gasteiger partial charge in [0.1, 0.15) is 23.9 Å². The Bertz CT molecular complexity index is 1120. The van der Waals surface area contributed by atoms with Crippen molar-refractivity contribution >= 4 is 33.4 Å². The summed E-state index contributed by atoms with van der Waals surface area (Å²) in [5.74, 6) is -0.662. The molecule has 7 nitrogen and oxygen atoms in total. The summed E-state index contributed by atoms with van der Waals surface area (Å²) < 4.78 is 30.7. The van der Waals surface area contributed by atoms with Crippen molar-refractivity contribution in [3.63, 3.8) is 0 Å². The third kappa shape index (κ3) is 3.89. The Balaban J connectivity index is 2.14. The van der Waals surface area contributed by atoms with Crippen molar-refractivity contribution < 1.29 is 28.2 Å². The third-order valence-electron chi connectivity index (χ3n) is 4.00. The molecule has 0 N–H and O–H groups in total. The Morgan fingerprint density at radius 1 is 1.11 bits per heavy atom. The Labute approximate surface area is 163 Å². The number of nitrogens with zero attached hydrogens (tertiary/aromatic N) is 2. The molecule has 3 aromatic rings. The summed E-state index contributed by atoms with van der Waals surface area (Å²) in [5, 5.41) is 0. The standard InChI is InChI=1S/C19H17FN2O5S/c1-25-12-5-6-13(15(9-12)26-2)18(24)21-19-22(10-17(23)27-3)14-7-4-11(20)8-16(14)28-19/h4-9H,10H2,1-3H3. The van der Waals surface area contributed by atoms with E-state index in [-0.39, 0.29) is 16.9 Å². The van der Waals surface area contributed by atoms with Crippen molar-refractivity contribution in [3.05, 3.63) is 52.6 Å². The number of ether oxygens (including phenoxy) is 3. The molecule has 0 atom stereocenters. The Morgan fingerprint density at radius 3 is 2.57 bits per heavy atom. The molecule has 1 aromatic heterocycles. The van der Waals surface area contributed by atoms with Crippen molar-refractivity contribution in [2.24, 2.45) is 4.99 Å². The summed E-state index contributed by atoms with van der Waals surface area (Å²) in [6, 6.07) is 8.87. The van der Waals surface area contributed by atoms with Crippen LogP contribution in [0.25, 0.3) is 10.2 Å². The molecular weight excluding hydrogens is 387 g/mol. The molecule has 0 spiro atoms. The van der Waals surface area contributed by atoms with Crippen LogP contribution < -0.4 is 14.3 Å². The maximum atomic E-state index is 13.6. The predicted octanol–water partition coefficient (Wildman–Crippen LogP) is 2.77. The number of methoxy groups -OCH3 is 3. The number of amides is 1. The SMILES string of the molecule is COC(=O)Cn1c(=NC(=O)c2ccc(OC)cc2OC)sc2cc(F)ccc21. The molecule has 0 aliphatic heterocycles. The van der Waals surface area contributed by atoms with Gasteiger partial charge in [0.15, 0.2) is 4.80 Å². The summed E-state index contributed by atoms with van der Waals surface area (Å²) in [6.45, 7) is -0.159. The fraction of sp³-hybridized carbons (Fsp3) is 0.211. The molecule has 9 heteroatoms. The number of hydrogen-bond acceptors (Lipinski definition) is 6. The van der Waals surface area contributed by atoms with Crippen LogP contribution >= 0.6 is 11.3 Å². The van der Waals surface area contributed by atoms with Gasteiger partial charge in [0.2, 0.25) is 0 Å². The van der Waals surface area contributed by atoms with Crippen LogP contribution in [0.2, 0.25) is 0 Å². The largest absolute Gasteiger partial charge is 0.497 e. The molecule has 1 heterocycles. The highest BCUT2D eigenvalue weighted by Gasteiger charge is 2.16. The van der Waals surface area contributed by atoms with E-state index in [4.69, 9.17) is 14.2 Å². The minimum absolute atomic E-state index is 0.159. The van der Waals surface area contributed by atoms with E-state index < -0.39 is 17.7 Å². The van der Waals surface area contributed by atoms with E-state index in [0.717, 1.165) is 11.3 Å². The normalized spacial score (nSPS) is 11.5. The summed E-state index contributed by atoms with van der Waals surface area (Å²) in [4.78, 5) is 28.9. The Hall–Kier alpha value is -3.20. The second kappa shape index (κ2) is 8.22. The Morgan fingerprint density at radius 2 is 1.89 bits per heavy atom. The van der Waals surface area contributed by atoms with Crippen molar-refractivity contribution in [2.75, 3.05) is 21.3 Å². The van der Waals surface area contributed by atoms with Crippen LogP contribution in [0.4, 0.5) is 4.39 Å². The van der Waals surface area contributed by atoms with Crippen LogP contribution in [0.1, 0.15) is 10.4 Å². The van der Waals surface area contributed by atoms with Gasteiger partial charge in [-0.1, -0.05) is 11.3 Å². The molecule has 0 aliphatic rings. The van der Waals surface area contributed by atoms with Gasteiger partial charge in [0, 0.05) is 6.07 Å². The van der Waals surface area contributed by atoms with E-state index in [2.05, 4.69) is 4.99 Å². The van der Waals surface area contributed by atoms with Gasteiger partial charge >= 0.3 is 5.97 Å². The average Bonchev–Trinajstić information content (AvgIpc) is 3.02. The molecule has 146 valence electrons. The highest BCUT2D eigenvalue weighted by molar-refractivity contribution is 7.16. The smallest absolute Gasteiger partial charge is 0.325 e. The van der Waals surface area contributed by atoms with Gasteiger partial charge in [-0.2, -0.15) is 4.99 Å². The Kier molecular flexibility index (Phi) is 5.74. The summed E-state index contributed by atoms with van der Waals surface area (Å²) in [6.07, 6.45) is 0. The van der Waals surface area contributed by atoms with Gasteiger partial charge in [-0.3, -0.25) is 9.59 Å². The number of carbonyl (C=O) groups excluding carboxylic acids is 2. The van der Waals surface area contributed by atoms with E-state index in [1.165, 1.54) is 44.1 Å². The molecule has 2 aromatic carbocycles. The minimum atomic E-state index is -0.565. The first-order valence-corrected chi connectivity index (χ1v) is 8.95. The molecule has 0 saturated carbocycles. The van der Waals surface area contributed by atoms with E-state index in [0.29, 0.717) is 21.7 Å². The van der Waals surface area contributed by atoms with Crippen LogP contribution in [-0.4, -0.2) is 37.8 Å². The molecule has 0 fully saturated rings. The number of aromatic nitrogens is 1. The van der Waals surface area contributed by atoms with Crippen LogP contribution in [-0.2, 0) is 16.1 Å². The van der Waals surface area contributed by atoms with Gasteiger partial charge in [-0.05, 0) is 30.3 Å². The molecule has 0 unspecified atom stereocenters. The minimum Gasteiger partial charge on any atom is -0.497 e. The maximum absolute atomic E-state index is 13.6. The zero-order chi connectivity index (χ0) is 20.3. The van der Waals surface area contributed by atoms with Crippen molar-refractivity contribution in [3.8, 4) is 11.5 Å². The van der Waals surface area contributed by atoms with Crippen molar-refractivity contribution in [1.29, 1.82) is 0 Å². The van der Waals surface area contributed by atoms with Crippen LogP contribution in [0.15, 0.2) is 41.4 Å². The quantitative estimate of drug-likeness (QED) is 0.611. The lowest BCUT2D eigenvalue weighted by molar-refractivity contribution is -0.141. The molecule has 3 rings (SSSR count). The molecule has 28 heavy (non-hydrogen) atoms. The molecule has 0 radical (unpaired) electrons. The summed E-state index contributed by atoms with van der Waals surface area (Å²) in [5.41, 5.74) is 0.807. The lowest BCUT2D eigenvalue weighted by Crippen LogP contribution is -2.22. The topological polar surface area (TPSA) is 79.1 Å². The van der Waals surface area contributed by atoms with Crippen molar-refractivity contribution in [1.82, 2.24) is 4.57 Å². The first kappa shape index (κ1) is 19.6. The van der Waals surface area contributed by atoms with Crippen molar-refractivity contribution in [2.45, 2.75) is 6.54 Å². The number of hydrogen-bond donors (Lipinski definition) is 0. The van der Waals surface area contributed by atoms with Gasteiger partial charge in [0.05, 0.1) is 37.1 Å². The number of thiazole rings is 1. The fourth-order valence-corrected chi connectivity index (χ4v) is 3.65. The second-order valence-corrected chi connectivity index (χ2v) is 6.65. The molecule has 0 aliphatic carbocycles. The average molecular weight is 404 g/mol. The summed E-state index contributed by atoms with van der Waals surface area (Å²) >= 11 is 1.10. The number of esters is 1. The highest BCUT2D eigenvalue weighted by atomic mass is 32.1. The monoisotopic (exact) mass is 404 g/mol. The van der Waals surface area contributed by atoms with E-state index in [1.54, 1.807) is 18.2 Å². The van der Waals surface area contributed by atoms with E-state index in [9.17, 15) is 14.0 Å². The summed E-state index contributed by atoms with van der Waals surface area (Å²) in [7, 11) is 4.21. The fourth-order valence-electron chi connectivity index (χ4n) is 2.60. The number of benzene rings is 2. The predicted molar refractivity (Wildman–Crippen MR) is 101 cm³/mol. The zero-order valence-corrected chi connectivity index (χ0v) is 16.2. The van der Waals surface area contributed by atoms with Crippen LogP contribution in [0.5, 0.6) is 11.5 Å². The van der Waals surface area contributed by atoms with Crippen LogP contribution in [0.3, 0.4) is 0 Å². The number of halogens is 1. The molecule has 0 saturated heterocycles. The molecule has 1 amide bonds. The third-order valence-corrected chi connectivity index (χ3v) is 5.04. The lowest BCUT2D eigenvalue weighted by Gasteiger charge is -2.07. The van der Waals surface area contributed by atoms with Crippen LogP contribution in [0, 0.1) is 5.82 Å². The van der Waals surface area contributed by atoms with Gasteiger partial charge in [-0.25, -0.2) is 4.39 Å². The molecular formula is C19H17FN2O5S.